The fourth-order valence-corrected chi connectivity index (χ4v) is 1.01. The summed E-state index contributed by atoms with van der Waals surface area (Å²) in [7, 11) is 0. The number of benzene rings is 1. The van der Waals surface area contributed by atoms with Crippen molar-refractivity contribution in [2.45, 2.75) is 6.92 Å². The molecule has 0 aromatic heterocycles. The molecule has 0 aliphatic carbocycles. The number of terminal acetylenes is 1. The molecule has 17 heavy (non-hydrogen) atoms. The van der Waals surface area contributed by atoms with E-state index in [0.717, 1.165) is 0 Å². The van der Waals surface area contributed by atoms with Crippen LogP contribution < -0.4 is 0 Å². The highest BCUT2D eigenvalue weighted by Crippen LogP contribution is 2.07. The van der Waals surface area contributed by atoms with E-state index in [1.807, 2.05) is 0 Å². The molecule has 84 valence electrons. The minimum Gasteiger partial charge on any atom is -0.369 e. The Balaban J connectivity index is 2.80. The number of hydrogen-bond donors (Lipinski definition) is 0. The van der Waals surface area contributed by atoms with Crippen LogP contribution in [-0.2, 0) is 9.47 Å². The fourth-order valence-electron chi connectivity index (χ4n) is 1.01. The lowest BCUT2D eigenvalue weighted by atomic mass is 10.1. The summed E-state index contributed by atoms with van der Waals surface area (Å²) < 4.78 is 8.92. The van der Waals surface area contributed by atoms with Gasteiger partial charge in [-0.3, -0.25) is 0 Å². The van der Waals surface area contributed by atoms with E-state index in [4.69, 9.17) is 6.42 Å². The Bertz CT molecular complexity index is 523. The van der Waals surface area contributed by atoms with Gasteiger partial charge >= 0.3 is 11.9 Å². The van der Waals surface area contributed by atoms with Crippen LogP contribution in [0.3, 0.4) is 0 Å². The monoisotopic (exact) mass is 228 g/mol. The first-order valence-electron chi connectivity index (χ1n) is 4.58. The van der Waals surface area contributed by atoms with Crippen molar-refractivity contribution in [1.29, 1.82) is 0 Å². The van der Waals surface area contributed by atoms with Crippen molar-refractivity contribution in [3.63, 3.8) is 0 Å². The first-order chi connectivity index (χ1) is 8.19. The Morgan fingerprint density at radius 2 is 1.53 bits per heavy atom. The summed E-state index contributed by atoms with van der Waals surface area (Å²) >= 11 is 0. The third-order valence-corrected chi connectivity index (χ3v) is 1.75. The van der Waals surface area contributed by atoms with Crippen LogP contribution in [-0.4, -0.2) is 11.9 Å². The zero-order valence-electron chi connectivity index (χ0n) is 9.02. The van der Waals surface area contributed by atoms with Gasteiger partial charge in [-0.2, -0.15) is 0 Å². The van der Waals surface area contributed by atoms with Gasteiger partial charge in [0.2, 0.25) is 0 Å². The molecule has 0 saturated carbocycles. The van der Waals surface area contributed by atoms with Gasteiger partial charge in [0.25, 0.3) is 0 Å². The summed E-state index contributed by atoms with van der Waals surface area (Å²) in [6, 6.07) is 5.67. The predicted octanol–water partition coefficient (Wildman–Crippen LogP) is 1.57. The van der Waals surface area contributed by atoms with Crippen molar-refractivity contribution in [1.82, 2.24) is 0 Å². The van der Waals surface area contributed by atoms with Crippen LogP contribution in [0.1, 0.15) is 27.6 Å². The second kappa shape index (κ2) is 5.99. The van der Waals surface area contributed by atoms with E-state index in [1.54, 1.807) is 13.0 Å². The summed E-state index contributed by atoms with van der Waals surface area (Å²) in [6.07, 6.45) is 8.78. The molecule has 0 N–H and O–H groups in total. The largest absolute Gasteiger partial charge is 0.369 e. The minimum atomic E-state index is -0.652. The molecule has 0 spiro atoms. The predicted molar refractivity (Wildman–Crippen MR) is 59.6 cm³/mol. The topological polar surface area (TPSA) is 52.6 Å². The van der Waals surface area contributed by atoms with Crippen molar-refractivity contribution >= 4 is 11.9 Å². The van der Waals surface area contributed by atoms with Gasteiger partial charge in [-0.05, 0) is 24.3 Å². The average molecular weight is 228 g/mol. The molecule has 0 saturated heterocycles. The second-order valence-corrected chi connectivity index (χ2v) is 2.83. The van der Waals surface area contributed by atoms with E-state index in [2.05, 4.69) is 21.5 Å². The Kier molecular flexibility index (Phi) is 4.35. The van der Waals surface area contributed by atoms with Gasteiger partial charge in [0, 0.05) is 6.92 Å². The van der Waals surface area contributed by atoms with Crippen LogP contribution in [0.25, 0.3) is 0 Å². The molecular formula is C13H8O4. The molecule has 1 rings (SSSR count). The van der Waals surface area contributed by atoms with Crippen LogP contribution in [0, 0.1) is 24.6 Å². The number of carbonyl (C=O) groups is 2. The van der Waals surface area contributed by atoms with Crippen molar-refractivity contribution in [3.05, 3.63) is 35.4 Å². The first kappa shape index (κ1) is 12.4. The molecule has 0 heterocycles. The molecule has 0 radical (unpaired) electrons. The van der Waals surface area contributed by atoms with E-state index < -0.39 is 11.9 Å². The van der Waals surface area contributed by atoms with Crippen molar-refractivity contribution in [3.8, 4) is 24.6 Å². The highest BCUT2D eigenvalue weighted by atomic mass is 16.5. The highest BCUT2D eigenvalue weighted by Gasteiger charge is 2.09. The zero-order valence-corrected chi connectivity index (χ0v) is 9.02. The van der Waals surface area contributed by atoms with E-state index in [-0.39, 0.29) is 11.1 Å². The van der Waals surface area contributed by atoms with Crippen LogP contribution in [0.2, 0.25) is 0 Å². The molecule has 4 heteroatoms. The van der Waals surface area contributed by atoms with E-state index in [0.29, 0.717) is 0 Å². The summed E-state index contributed by atoms with van der Waals surface area (Å²) in [5.74, 6) is 1.19. The Labute approximate surface area is 98.5 Å². The van der Waals surface area contributed by atoms with Crippen molar-refractivity contribution < 1.29 is 19.1 Å². The summed E-state index contributed by atoms with van der Waals surface area (Å²) in [4.78, 5) is 22.5. The average Bonchev–Trinajstić information content (AvgIpc) is 2.36. The van der Waals surface area contributed by atoms with Crippen LogP contribution in [0.4, 0.5) is 0 Å². The quantitative estimate of drug-likeness (QED) is 0.569. The summed E-state index contributed by atoms with van der Waals surface area (Å²) in [5.41, 5.74) is 0.533. The fraction of sp³-hybridized carbons (Fsp3) is 0.0769. The van der Waals surface area contributed by atoms with E-state index in [9.17, 15) is 9.59 Å². The van der Waals surface area contributed by atoms with Gasteiger partial charge in [-0.1, -0.05) is 12.3 Å². The molecular weight excluding hydrogens is 220 g/mol. The zero-order chi connectivity index (χ0) is 12.7. The highest BCUT2D eigenvalue weighted by molar-refractivity contribution is 5.93. The van der Waals surface area contributed by atoms with Crippen molar-refractivity contribution in [2.24, 2.45) is 0 Å². The summed E-state index contributed by atoms with van der Waals surface area (Å²) in [6.45, 7) is 1.55. The Morgan fingerprint density at radius 3 is 1.94 bits per heavy atom. The third-order valence-electron chi connectivity index (χ3n) is 1.75. The summed E-state index contributed by atoms with van der Waals surface area (Å²) in [5, 5.41) is 0. The van der Waals surface area contributed by atoms with Crippen molar-refractivity contribution in [2.75, 3.05) is 0 Å². The van der Waals surface area contributed by atoms with Gasteiger partial charge < -0.3 is 9.47 Å². The molecule has 0 aliphatic rings. The maximum absolute atomic E-state index is 11.3. The number of carbonyl (C=O) groups excluding carboxylic acids is 2. The van der Waals surface area contributed by atoms with Crippen LogP contribution >= 0.6 is 0 Å². The van der Waals surface area contributed by atoms with Gasteiger partial charge in [-0.25, -0.2) is 9.59 Å². The number of esters is 2. The third kappa shape index (κ3) is 3.40. The smallest absolute Gasteiger partial charge is 0.352 e. The number of ether oxygens (including phenoxy) is 2. The molecule has 0 bridgehead atoms. The molecule has 0 atom stereocenters. The molecule has 0 unspecified atom stereocenters. The van der Waals surface area contributed by atoms with Gasteiger partial charge in [0.1, 0.15) is 12.2 Å². The molecule has 4 nitrogen and oxygen atoms in total. The minimum absolute atomic E-state index is 0.251. The maximum atomic E-state index is 11.3. The molecule has 0 aliphatic heterocycles. The molecule has 0 amide bonds. The number of hydrogen-bond acceptors (Lipinski definition) is 4. The molecule has 1 aromatic rings. The normalized spacial score (nSPS) is 8.24. The lowest BCUT2D eigenvalue weighted by molar-refractivity contribution is 0.0676. The lowest BCUT2D eigenvalue weighted by Crippen LogP contribution is -2.04. The van der Waals surface area contributed by atoms with E-state index >= 15 is 0 Å². The molecule has 1 aromatic carbocycles. The van der Waals surface area contributed by atoms with Gasteiger partial charge in [0.05, 0.1) is 11.1 Å². The maximum Gasteiger partial charge on any atom is 0.352 e. The van der Waals surface area contributed by atoms with Crippen LogP contribution in [0.5, 0.6) is 0 Å². The lowest BCUT2D eigenvalue weighted by Gasteiger charge is -1.99. The van der Waals surface area contributed by atoms with Gasteiger partial charge in [-0.15, -0.1) is 0 Å². The van der Waals surface area contributed by atoms with E-state index in [1.165, 1.54) is 24.3 Å². The second-order valence-electron chi connectivity index (χ2n) is 2.83. The molecule has 0 fully saturated rings. The Morgan fingerprint density at radius 1 is 1.06 bits per heavy atom. The first-order valence-corrected chi connectivity index (χ1v) is 4.58. The van der Waals surface area contributed by atoms with Crippen LogP contribution in [0.15, 0.2) is 24.3 Å². The standard InChI is InChI=1S/C13H8O4/c1-3-9-17-13(15)11-7-5-10(6-8-11)12(14)16-4-2/h2,5-8H,1H3. The van der Waals surface area contributed by atoms with Gasteiger partial charge in [0.15, 0.2) is 0 Å². The number of rotatable bonds is 2. The Hall–Kier alpha value is -2.72. The SMILES string of the molecule is C#COC(=O)c1ccc(C(=O)OC#CC)cc1.